The molecule has 0 spiro atoms. The maximum atomic E-state index is 12.8. The molecule has 0 aromatic heterocycles. The molecule has 28 heavy (non-hydrogen) atoms. The van der Waals surface area contributed by atoms with Crippen molar-refractivity contribution in [3.8, 4) is 11.5 Å². The van der Waals surface area contributed by atoms with Gasteiger partial charge in [-0.15, -0.1) is 0 Å². The van der Waals surface area contributed by atoms with Crippen molar-refractivity contribution in [2.75, 3.05) is 58.4 Å². The number of piperidine rings is 1. The van der Waals surface area contributed by atoms with Gasteiger partial charge in [-0.3, -0.25) is 4.79 Å². The van der Waals surface area contributed by atoms with E-state index in [1.54, 1.807) is 13.1 Å². The Morgan fingerprint density at radius 2 is 2.11 bits per heavy atom. The van der Waals surface area contributed by atoms with E-state index in [0.717, 1.165) is 19.5 Å². The number of benzene rings is 1. The molecular formula is C19H28ClN3O5. The van der Waals surface area contributed by atoms with Gasteiger partial charge in [0.25, 0.3) is 5.91 Å². The third-order valence-electron chi connectivity index (χ3n) is 5.23. The molecule has 1 saturated heterocycles. The zero-order valence-corrected chi connectivity index (χ0v) is 16.8. The smallest absolute Gasteiger partial charge is 0.255 e. The van der Waals surface area contributed by atoms with Crippen LogP contribution in [0.2, 0.25) is 5.02 Å². The summed E-state index contributed by atoms with van der Waals surface area (Å²) in [5.74, 6) is 0.428. The number of aliphatic hydroxyl groups excluding tert-OH is 2. The number of carbonyl (C=O) groups is 1. The first kappa shape index (κ1) is 21.0. The predicted molar refractivity (Wildman–Crippen MR) is 107 cm³/mol. The lowest BCUT2D eigenvalue weighted by Gasteiger charge is -2.36. The van der Waals surface area contributed by atoms with Crippen molar-refractivity contribution in [3.63, 3.8) is 0 Å². The fourth-order valence-corrected chi connectivity index (χ4v) is 3.92. The molecule has 3 rings (SSSR count). The van der Waals surface area contributed by atoms with Crippen molar-refractivity contribution in [1.82, 2.24) is 10.2 Å². The third kappa shape index (κ3) is 4.63. The molecule has 156 valence electrons. The summed E-state index contributed by atoms with van der Waals surface area (Å²) in [4.78, 5) is 15.0. The molecule has 1 amide bonds. The molecule has 0 unspecified atom stereocenters. The van der Waals surface area contributed by atoms with Crippen LogP contribution in [-0.2, 0) is 0 Å². The van der Waals surface area contributed by atoms with Gasteiger partial charge in [0.1, 0.15) is 18.2 Å². The van der Waals surface area contributed by atoms with Crippen LogP contribution in [0.25, 0.3) is 0 Å². The maximum absolute atomic E-state index is 12.8. The largest absolute Gasteiger partial charge is 0.485 e. The molecule has 0 aliphatic carbocycles. The predicted octanol–water partition coefficient (Wildman–Crippen LogP) is 0.948. The Morgan fingerprint density at radius 1 is 1.36 bits per heavy atom. The minimum atomic E-state index is -0.515. The number of hydrogen-bond donors (Lipinski definition) is 4. The Labute approximate surface area is 169 Å². The van der Waals surface area contributed by atoms with Gasteiger partial charge >= 0.3 is 0 Å². The fraction of sp³-hybridized carbons (Fsp3) is 0.632. The van der Waals surface area contributed by atoms with E-state index in [9.17, 15) is 9.90 Å². The van der Waals surface area contributed by atoms with E-state index in [1.165, 1.54) is 0 Å². The van der Waals surface area contributed by atoms with E-state index in [0.29, 0.717) is 60.5 Å². The Bertz CT molecular complexity index is 703. The normalized spacial score (nSPS) is 22.0. The van der Waals surface area contributed by atoms with Crippen LogP contribution in [0.4, 0.5) is 5.69 Å². The number of halogens is 1. The maximum Gasteiger partial charge on any atom is 0.255 e. The lowest BCUT2D eigenvalue weighted by atomic mass is 9.93. The molecule has 2 heterocycles. The van der Waals surface area contributed by atoms with E-state index >= 15 is 0 Å². The van der Waals surface area contributed by atoms with Crippen LogP contribution in [0, 0.1) is 5.92 Å². The van der Waals surface area contributed by atoms with Crippen molar-refractivity contribution in [1.29, 1.82) is 0 Å². The third-order valence-corrected chi connectivity index (χ3v) is 5.60. The molecule has 2 aliphatic rings. The van der Waals surface area contributed by atoms with E-state index in [-0.39, 0.29) is 18.4 Å². The summed E-state index contributed by atoms with van der Waals surface area (Å²) >= 11 is 6.32. The van der Waals surface area contributed by atoms with Crippen molar-refractivity contribution < 1.29 is 24.5 Å². The number of aliphatic hydroxyl groups is 2. The van der Waals surface area contributed by atoms with E-state index in [2.05, 4.69) is 15.5 Å². The van der Waals surface area contributed by atoms with E-state index in [4.69, 9.17) is 26.2 Å². The molecule has 2 aliphatic heterocycles. The number of likely N-dealkylation sites (tertiary alicyclic amines) is 1. The van der Waals surface area contributed by atoms with Crippen LogP contribution in [0.5, 0.6) is 11.5 Å². The average Bonchev–Trinajstić information content (AvgIpc) is 2.71. The Kier molecular flexibility index (Phi) is 7.23. The summed E-state index contributed by atoms with van der Waals surface area (Å²) in [6.07, 6.45) is 0.970. The molecule has 8 nitrogen and oxygen atoms in total. The van der Waals surface area contributed by atoms with E-state index in [1.807, 2.05) is 0 Å². The second kappa shape index (κ2) is 9.65. The summed E-state index contributed by atoms with van der Waals surface area (Å²) in [6, 6.07) is 1.65. The summed E-state index contributed by atoms with van der Waals surface area (Å²) in [5.41, 5.74) is 0.951. The first-order valence-corrected chi connectivity index (χ1v) is 10.0. The van der Waals surface area contributed by atoms with Crippen LogP contribution < -0.4 is 20.1 Å². The minimum Gasteiger partial charge on any atom is -0.485 e. The van der Waals surface area contributed by atoms with Crippen LogP contribution in [0.1, 0.15) is 23.2 Å². The van der Waals surface area contributed by atoms with Crippen molar-refractivity contribution in [2.45, 2.75) is 18.9 Å². The van der Waals surface area contributed by atoms with Crippen LogP contribution in [-0.4, -0.2) is 80.2 Å². The number of nitrogens with zero attached hydrogens (tertiary/aromatic N) is 1. The molecule has 0 saturated carbocycles. The zero-order valence-electron chi connectivity index (χ0n) is 16.0. The first-order chi connectivity index (χ1) is 13.5. The number of carbonyl (C=O) groups excluding carboxylic acids is 1. The number of hydrogen-bond acceptors (Lipinski definition) is 7. The second-order valence-electron chi connectivity index (χ2n) is 7.09. The fourth-order valence-electron chi connectivity index (χ4n) is 3.63. The number of β-amino-alcohol motifs (C(OH)–C–C–N with tert-alkyl or cyclic N) is 1. The number of ether oxygens (including phenoxy) is 2. The van der Waals surface area contributed by atoms with Gasteiger partial charge < -0.3 is 35.2 Å². The summed E-state index contributed by atoms with van der Waals surface area (Å²) < 4.78 is 11.2. The Hall–Kier alpha value is -1.74. The highest BCUT2D eigenvalue weighted by molar-refractivity contribution is 6.35. The molecule has 2 atom stereocenters. The minimum absolute atomic E-state index is 0.0154. The van der Waals surface area contributed by atoms with Crippen molar-refractivity contribution in [2.24, 2.45) is 5.92 Å². The van der Waals surface area contributed by atoms with Crippen LogP contribution in [0.3, 0.4) is 0 Å². The van der Waals surface area contributed by atoms with Crippen molar-refractivity contribution in [3.05, 3.63) is 16.7 Å². The number of fused-ring (bicyclic) bond motifs is 1. The summed E-state index contributed by atoms with van der Waals surface area (Å²) in [6.45, 7) is 3.43. The highest BCUT2D eigenvalue weighted by Gasteiger charge is 2.29. The molecule has 1 aromatic carbocycles. The second-order valence-corrected chi connectivity index (χ2v) is 7.47. The van der Waals surface area contributed by atoms with Gasteiger partial charge in [-0.25, -0.2) is 0 Å². The number of amides is 1. The molecular weight excluding hydrogens is 386 g/mol. The SMILES string of the molecule is CNc1cc(C(=O)NC[C@@H]2CCN(CCCO)C[C@H]2O)c2c(c1Cl)OCCO2. The lowest BCUT2D eigenvalue weighted by molar-refractivity contribution is 0.0201. The van der Waals surface area contributed by atoms with Crippen LogP contribution >= 0.6 is 11.6 Å². The molecule has 9 heteroatoms. The van der Waals surface area contributed by atoms with Gasteiger partial charge in [0.15, 0.2) is 11.5 Å². The summed E-state index contributed by atoms with van der Waals surface area (Å²) in [7, 11) is 1.72. The van der Waals surface area contributed by atoms with E-state index < -0.39 is 6.10 Å². The van der Waals surface area contributed by atoms with Gasteiger partial charge in [-0.05, 0) is 25.5 Å². The molecule has 0 radical (unpaired) electrons. The van der Waals surface area contributed by atoms with Gasteiger partial charge in [0, 0.05) is 39.2 Å². The number of nitrogens with one attached hydrogen (secondary N) is 2. The molecule has 1 fully saturated rings. The topological polar surface area (TPSA) is 103 Å². The summed E-state index contributed by atoms with van der Waals surface area (Å²) in [5, 5.41) is 25.6. The molecule has 1 aromatic rings. The zero-order chi connectivity index (χ0) is 20.1. The standard InChI is InChI=1S/C19H28ClN3O5/c1-21-14-9-13(17-18(16(14)20)28-8-7-27-17)19(26)22-10-12-3-5-23(4-2-6-24)11-15(12)25/h9,12,15,21,24-25H,2-8,10-11H2,1H3,(H,22,26)/t12-,15+/m0/s1. The Balaban J connectivity index is 1.64. The van der Waals surface area contributed by atoms with Crippen LogP contribution in [0.15, 0.2) is 6.07 Å². The van der Waals surface area contributed by atoms with Gasteiger partial charge in [0.05, 0.1) is 17.4 Å². The molecule has 0 bridgehead atoms. The van der Waals surface area contributed by atoms with Gasteiger partial charge in [-0.1, -0.05) is 11.6 Å². The van der Waals surface area contributed by atoms with Gasteiger partial charge in [0.2, 0.25) is 0 Å². The van der Waals surface area contributed by atoms with Gasteiger partial charge in [-0.2, -0.15) is 0 Å². The molecule has 4 N–H and O–H groups in total. The number of rotatable bonds is 7. The monoisotopic (exact) mass is 413 g/mol. The van der Waals surface area contributed by atoms with Crippen molar-refractivity contribution >= 4 is 23.2 Å². The first-order valence-electron chi connectivity index (χ1n) is 9.64. The number of anilines is 1. The Morgan fingerprint density at radius 3 is 2.79 bits per heavy atom. The quantitative estimate of drug-likeness (QED) is 0.527. The lowest BCUT2D eigenvalue weighted by Crippen LogP contribution is -2.48. The highest BCUT2D eigenvalue weighted by Crippen LogP contribution is 2.44. The average molecular weight is 414 g/mol. The highest BCUT2D eigenvalue weighted by atomic mass is 35.5.